The molecule has 0 spiro atoms. The minimum Gasteiger partial charge on any atom is -0.379 e. The molecule has 0 amide bonds. The number of thioether (sulfide) groups is 1. The van der Waals surface area contributed by atoms with Crippen LogP contribution in [-0.4, -0.2) is 61.3 Å². The van der Waals surface area contributed by atoms with Crippen LogP contribution in [0.25, 0.3) is 11.0 Å². The maximum Gasteiger partial charge on any atom is 0.243 e. The van der Waals surface area contributed by atoms with E-state index < -0.39 is 27.5 Å². The molecule has 188 valence electrons. The summed E-state index contributed by atoms with van der Waals surface area (Å²) in [6.45, 7) is 2.43. The summed E-state index contributed by atoms with van der Waals surface area (Å²) >= 11 is 1.17. The Morgan fingerprint density at radius 1 is 1.03 bits per heavy atom. The lowest BCUT2D eigenvalue weighted by atomic mass is 10.2. The number of fused-ring (bicyclic) bond motifs is 1. The van der Waals surface area contributed by atoms with Crippen LogP contribution in [0.15, 0.2) is 40.4 Å². The summed E-state index contributed by atoms with van der Waals surface area (Å²) in [5.74, 6) is -3.17. The minimum absolute atomic E-state index is 0.0141. The van der Waals surface area contributed by atoms with Crippen molar-refractivity contribution in [2.75, 3.05) is 32.9 Å². The summed E-state index contributed by atoms with van der Waals surface area (Å²) in [5.41, 5.74) is 1.21. The summed E-state index contributed by atoms with van der Waals surface area (Å²) in [4.78, 5) is 4.77. The van der Waals surface area contributed by atoms with Crippen LogP contribution < -0.4 is 0 Å². The molecule has 2 fully saturated rings. The molecule has 0 unspecified atom stereocenters. The van der Waals surface area contributed by atoms with Gasteiger partial charge in [-0.15, -0.1) is 0 Å². The van der Waals surface area contributed by atoms with E-state index in [1.54, 1.807) is 12.1 Å². The highest BCUT2D eigenvalue weighted by Gasteiger charge is 2.28. The summed E-state index contributed by atoms with van der Waals surface area (Å²) < 4.78 is 81.7. The van der Waals surface area contributed by atoms with Gasteiger partial charge in [-0.25, -0.2) is 26.6 Å². The summed E-state index contributed by atoms with van der Waals surface area (Å²) in [6, 6.07) is 6.19. The first-order valence-corrected chi connectivity index (χ1v) is 13.7. The van der Waals surface area contributed by atoms with Crippen LogP contribution in [0.1, 0.15) is 18.4 Å². The predicted molar refractivity (Wildman–Crippen MR) is 124 cm³/mol. The molecule has 0 radical (unpaired) electrons. The number of benzene rings is 2. The zero-order chi connectivity index (χ0) is 24.6. The van der Waals surface area contributed by atoms with Crippen molar-refractivity contribution in [1.29, 1.82) is 0 Å². The number of hydrogen-bond donors (Lipinski definition) is 0. The lowest BCUT2D eigenvalue weighted by molar-refractivity contribution is 0.0730. The summed E-state index contributed by atoms with van der Waals surface area (Å²) in [5, 5.41) is 0.514. The van der Waals surface area contributed by atoms with Gasteiger partial charge in [0.2, 0.25) is 10.0 Å². The Bertz CT molecular complexity index is 1340. The van der Waals surface area contributed by atoms with Crippen molar-refractivity contribution in [1.82, 2.24) is 13.9 Å². The highest BCUT2D eigenvalue weighted by Crippen LogP contribution is 2.31. The molecule has 3 heterocycles. The van der Waals surface area contributed by atoms with Gasteiger partial charge in [-0.05, 0) is 37.1 Å². The average Bonchev–Trinajstić information content (AvgIpc) is 3.49. The van der Waals surface area contributed by atoms with Crippen LogP contribution in [0.4, 0.5) is 13.2 Å². The monoisotopic (exact) mass is 527 g/mol. The van der Waals surface area contributed by atoms with Gasteiger partial charge in [0, 0.05) is 37.1 Å². The SMILES string of the molecule is O=S(=O)(c1ccc2c(c1)nc(SCc1cc(F)c(F)cc1F)n2C[C@@H]1CCCO1)N1CCOCC1. The Balaban J connectivity index is 1.48. The normalized spacial score (nSPS) is 19.6. The van der Waals surface area contributed by atoms with Crippen LogP contribution in [0.5, 0.6) is 0 Å². The molecule has 5 rings (SSSR count). The van der Waals surface area contributed by atoms with Crippen molar-refractivity contribution >= 4 is 32.8 Å². The molecule has 7 nitrogen and oxygen atoms in total. The number of ether oxygens (including phenoxy) is 2. The van der Waals surface area contributed by atoms with Gasteiger partial charge in [0.05, 0.1) is 41.8 Å². The van der Waals surface area contributed by atoms with Gasteiger partial charge in [-0.2, -0.15) is 4.31 Å². The second kappa shape index (κ2) is 10.1. The van der Waals surface area contributed by atoms with E-state index in [2.05, 4.69) is 4.98 Å². The van der Waals surface area contributed by atoms with Crippen LogP contribution in [0.3, 0.4) is 0 Å². The van der Waals surface area contributed by atoms with Gasteiger partial charge < -0.3 is 14.0 Å². The van der Waals surface area contributed by atoms with Crippen molar-refractivity contribution in [3.05, 3.63) is 53.3 Å². The van der Waals surface area contributed by atoms with E-state index in [1.807, 2.05) is 4.57 Å². The second-order valence-electron chi connectivity index (χ2n) is 8.45. The fraction of sp³-hybridized carbons (Fsp3) is 0.435. The average molecular weight is 528 g/mol. The number of hydrogen-bond acceptors (Lipinski definition) is 6. The molecule has 0 saturated carbocycles. The largest absolute Gasteiger partial charge is 0.379 e. The van der Waals surface area contributed by atoms with Crippen molar-refractivity contribution in [2.45, 2.75) is 41.3 Å². The number of aromatic nitrogens is 2. The highest BCUT2D eigenvalue weighted by molar-refractivity contribution is 7.98. The first-order chi connectivity index (χ1) is 16.8. The molecule has 1 atom stereocenters. The quantitative estimate of drug-likeness (QED) is 0.342. The minimum atomic E-state index is -3.70. The maximum absolute atomic E-state index is 14.2. The van der Waals surface area contributed by atoms with E-state index >= 15 is 0 Å². The fourth-order valence-corrected chi connectivity index (χ4v) is 6.71. The van der Waals surface area contributed by atoms with Gasteiger partial charge in [0.25, 0.3) is 0 Å². The summed E-state index contributed by atoms with van der Waals surface area (Å²) in [7, 11) is -3.70. The third kappa shape index (κ3) is 5.08. The van der Waals surface area contributed by atoms with Crippen LogP contribution in [0.2, 0.25) is 0 Å². The molecule has 35 heavy (non-hydrogen) atoms. The Labute approximate surface area is 205 Å². The van der Waals surface area contributed by atoms with Crippen molar-refractivity contribution < 1.29 is 31.1 Å². The van der Waals surface area contributed by atoms with Crippen LogP contribution >= 0.6 is 11.8 Å². The predicted octanol–water partition coefficient (Wildman–Crippen LogP) is 3.95. The standard InChI is InChI=1S/C23H24F3N3O4S2/c24-18-12-20(26)19(25)10-15(18)14-34-23-27-21-11-17(35(30,31)28-5-8-32-9-6-28)3-4-22(21)29(23)13-16-2-1-7-33-16/h3-4,10-12,16H,1-2,5-9,13-14H2/t16-/m0/s1. The highest BCUT2D eigenvalue weighted by atomic mass is 32.2. The lowest BCUT2D eigenvalue weighted by Gasteiger charge is -2.26. The smallest absolute Gasteiger partial charge is 0.243 e. The second-order valence-corrected chi connectivity index (χ2v) is 11.3. The summed E-state index contributed by atoms with van der Waals surface area (Å²) in [6.07, 6.45) is 1.80. The first-order valence-electron chi connectivity index (χ1n) is 11.3. The molecule has 0 bridgehead atoms. The van der Waals surface area contributed by atoms with Crippen LogP contribution in [-0.2, 0) is 31.8 Å². The number of rotatable bonds is 7. The number of morpholine rings is 1. The van der Waals surface area contributed by atoms with Gasteiger partial charge in [0.15, 0.2) is 16.8 Å². The molecule has 2 aromatic carbocycles. The molecule has 2 saturated heterocycles. The molecule has 2 aliphatic heterocycles. The zero-order valence-electron chi connectivity index (χ0n) is 18.8. The first kappa shape index (κ1) is 24.6. The molecule has 0 aliphatic carbocycles. The van der Waals surface area contributed by atoms with E-state index in [4.69, 9.17) is 9.47 Å². The third-order valence-electron chi connectivity index (χ3n) is 6.15. The van der Waals surface area contributed by atoms with Gasteiger partial charge in [-0.1, -0.05) is 11.8 Å². The molecular formula is C23H24F3N3O4S2. The zero-order valence-corrected chi connectivity index (χ0v) is 20.4. The maximum atomic E-state index is 14.2. The van der Waals surface area contributed by atoms with E-state index in [1.165, 1.54) is 22.1 Å². The van der Waals surface area contributed by atoms with Crippen LogP contribution in [0, 0.1) is 17.5 Å². The van der Waals surface area contributed by atoms with E-state index in [-0.39, 0.29) is 35.4 Å². The molecule has 2 aliphatic rings. The Morgan fingerprint density at radius 2 is 1.80 bits per heavy atom. The molecule has 3 aromatic rings. The lowest BCUT2D eigenvalue weighted by Crippen LogP contribution is -2.40. The van der Waals surface area contributed by atoms with Crippen molar-refractivity contribution in [2.24, 2.45) is 0 Å². The number of imidazole rings is 1. The number of halogens is 3. The van der Waals surface area contributed by atoms with Gasteiger partial charge in [0.1, 0.15) is 5.82 Å². The van der Waals surface area contributed by atoms with Gasteiger partial charge in [-0.3, -0.25) is 0 Å². The molecular weight excluding hydrogens is 503 g/mol. The topological polar surface area (TPSA) is 73.7 Å². The number of nitrogens with zero attached hydrogens (tertiary/aromatic N) is 3. The Kier molecular flexibility index (Phi) is 7.09. The molecule has 1 aromatic heterocycles. The van der Waals surface area contributed by atoms with Crippen molar-refractivity contribution in [3.8, 4) is 0 Å². The van der Waals surface area contributed by atoms with Gasteiger partial charge >= 0.3 is 0 Å². The van der Waals surface area contributed by atoms with E-state index in [0.717, 1.165) is 24.4 Å². The Hall–Kier alpha value is -2.12. The molecule has 12 heteroatoms. The van der Waals surface area contributed by atoms with E-state index in [9.17, 15) is 21.6 Å². The third-order valence-corrected chi connectivity index (χ3v) is 9.07. The van der Waals surface area contributed by atoms with E-state index in [0.29, 0.717) is 43.1 Å². The fourth-order valence-electron chi connectivity index (χ4n) is 4.28. The van der Waals surface area contributed by atoms with Crippen molar-refractivity contribution in [3.63, 3.8) is 0 Å². The Morgan fingerprint density at radius 3 is 2.54 bits per heavy atom. The molecule has 0 N–H and O–H groups in total. The number of sulfonamides is 1.